The number of rotatable bonds is 3. The summed E-state index contributed by atoms with van der Waals surface area (Å²) in [5.41, 5.74) is 0.349. The fraction of sp³-hybridized carbons (Fsp3) is 0.917. The molecule has 0 aromatic rings. The van der Waals surface area contributed by atoms with Crippen LogP contribution in [0.3, 0.4) is 0 Å². The average molecular weight is 194 g/mol. The van der Waals surface area contributed by atoms with Crippen molar-refractivity contribution in [3.63, 3.8) is 0 Å². The van der Waals surface area contributed by atoms with Gasteiger partial charge in [0.25, 0.3) is 0 Å². The first-order valence-electron chi connectivity index (χ1n) is 5.72. The second-order valence-corrected chi connectivity index (χ2v) is 5.03. The highest BCUT2D eigenvalue weighted by Crippen LogP contribution is 2.31. The first-order valence-corrected chi connectivity index (χ1v) is 5.72. The molecule has 0 spiro atoms. The van der Waals surface area contributed by atoms with Crippen molar-refractivity contribution < 1.29 is 0 Å². The van der Waals surface area contributed by atoms with E-state index in [2.05, 4.69) is 31.7 Å². The van der Waals surface area contributed by atoms with Crippen LogP contribution in [0.4, 0.5) is 0 Å². The summed E-state index contributed by atoms with van der Waals surface area (Å²) in [5.74, 6) is 0.611. The molecule has 0 aliphatic carbocycles. The van der Waals surface area contributed by atoms with E-state index >= 15 is 0 Å². The molecule has 1 rings (SSSR count). The molecule has 0 radical (unpaired) electrons. The van der Waals surface area contributed by atoms with Crippen molar-refractivity contribution >= 4 is 0 Å². The zero-order valence-electron chi connectivity index (χ0n) is 9.71. The van der Waals surface area contributed by atoms with Crippen LogP contribution in [-0.2, 0) is 0 Å². The summed E-state index contributed by atoms with van der Waals surface area (Å²) in [6.07, 6.45) is 4.40. The molecule has 0 saturated carbocycles. The van der Waals surface area contributed by atoms with Gasteiger partial charge in [0, 0.05) is 18.5 Å². The zero-order valence-corrected chi connectivity index (χ0v) is 9.71. The van der Waals surface area contributed by atoms with E-state index in [0.717, 1.165) is 13.0 Å². The Bertz CT molecular complexity index is 215. The Hall–Kier alpha value is -0.550. The SMILES string of the molecule is CCCN1CC(CC#N)CCC1(C)C. The second kappa shape index (κ2) is 4.79. The number of nitrogens with zero attached hydrogens (tertiary/aromatic N) is 2. The first-order chi connectivity index (χ1) is 6.60. The molecule has 1 aliphatic heterocycles. The van der Waals surface area contributed by atoms with Gasteiger partial charge in [0.2, 0.25) is 0 Å². The molecule has 0 aromatic carbocycles. The number of likely N-dealkylation sites (tertiary alicyclic amines) is 1. The van der Waals surface area contributed by atoms with E-state index in [4.69, 9.17) is 5.26 Å². The summed E-state index contributed by atoms with van der Waals surface area (Å²) < 4.78 is 0. The molecule has 0 amide bonds. The van der Waals surface area contributed by atoms with Crippen LogP contribution < -0.4 is 0 Å². The van der Waals surface area contributed by atoms with Gasteiger partial charge >= 0.3 is 0 Å². The number of hydrogen-bond acceptors (Lipinski definition) is 2. The monoisotopic (exact) mass is 194 g/mol. The minimum Gasteiger partial charge on any atom is -0.298 e. The molecule has 0 bridgehead atoms. The largest absolute Gasteiger partial charge is 0.298 e. The van der Waals surface area contributed by atoms with E-state index in [1.165, 1.54) is 25.8 Å². The Morgan fingerprint density at radius 3 is 2.79 bits per heavy atom. The summed E-state index contributed by atoms with van der Waals surface area (Å²) in [4.78, 5) is 2.55. The standard InChI is InChI=1S/C12H22N2/c1-4-9-14-10-11(6-8-13)5-7-12(14,2)3/h11H,4-7,9-10H2,1-3H3. The minimum atomic E-state index is 0.349. The quantitative estimate of drug-likeness (QED) is 0.690. The lowest BCUT2D eigenvalue weighted by molar-refractivity contribution is 0.0466. The molecule has 1 fully saturated rings. The van der Waals surface area contributed by atoms with Crippen molar-refractivity contribution in [2.75, 3.05) is 13.1 Å². The van der Waals surface area contributed by atoms with Gasteiger partial charge in [-0.05, 0) is 45.6 Å². The molecule has 80 valence electrons. The molecule has 1 atom stereocenters. The normalized spacial score (nSPS) is 27.1. The minimum absolute atomic E-state index is 0.349. The molecule has 1 heterocycles. The summed E-state index contributed by atoms with van der Waals surface area (Å²) in [7, 11) is 0. The highest BCUT2D eigenvalue weighted by atomic mass is 15.2. The number of piperidine rings is 1. The maximum atomic E-state index is 8.70. The van der Waals surface area contributed by atoms with Crippen LogP contribution in [-0.4, -0.2) is 23.5 Å². The number of nitriles is 1. The highest BCUT2D eigenvalue weighted by molar-refractivity contribution is 4.91. The van der Waals surface area contributed by atoms with E-state index in [9.17, 15) is 0 Å². The van der Waals surface area contributed by atoms with Gasteiger partial charge in [-0.15, -0.1) is 0 Å². The fourth-order valence-corrected chi connectivity index (χ4v) is 2.33. The summed E-state index contributed by atoms with van der Waals surface area (Å²) in [6, 6.07) is 2.30. The predicted octanol–water partition coefficient (Wildman–Crippen LogP) is 2.80. The Morgan fingerprint density at radius 2 is 2.21 bits per heavy atom. The molecular weight excluding hydrogens is 172 g/mol. The molecule has 2 nitrogen and oxygen atoms in total. The molecule has 1 unspecified atom stereocenters. The van der Waals surface area contributed by atoms with Gasteiger partial charge in [-0.2, -0.15) is 5.26 Å². The van der Waals surface area contributed by atoms with Crippen molar-refractivity contribution in [3.05, 3.63) is 0 Å². The molecular formula is C12H22N2. The second-order valence-electron chi connectivity index (χ2n) is 5.03. The van der Waals surface area contributed by atoms with Gasteiger partial charge in [-0.1, -0.05) is 6.92 Å². The fourth-order valence-electron chi connectivity index (χ4n) is 2.33. The van der Waals surface area contributed by atoms with Crippen molar-refractivity contribution in [3.8, 4) is 6.07 Å². The Kier molecular flexibility index (Phi) is 3.95. The molecule has 2 heteroatoms. The van der Waals surface area contributed by atoms with Gasteiger partial charge < -0.3 is 0 Å². The Labute approximate surface area is 87.9 Å². The topological polar surface area (TPSA) is 27.0 Å². The van der Waals surface area contributed by atoms with Crippen molar-refractivity contribution in [1.82, 2.24) is 4.90 Å². The van der Waals surface area contributed by atoms with E-state index in [0.29, 0.717) is 11.5 Å². The predicted molar refractivity (Wildman–Crippen MR) is 58.9 cm³/mol. The van der Waals surface area contributed by atoms with E-state index in [-0.39, 0.29) is 0 Å². The third kappa shape index (κ3) is 2.72. The third-order valence-electron chi connectivity index (χ3n) is 3.37. The van der Waals surface area contributed by atoms with E-state index in [1.807, 2.05) is 0 Å². The lowest BCUT2D eigenvalue weighted by Crippen LogP contribution is -2.50. The van der Waals surface area contributed by atoms with Crippen LogP contribution in [0.5, 0.6) is 0 Å². The van der Waals surface area contributed by atoms with E-state index in [1.54, 1.807) is 0 Å². The van der Waals surface area contributed by atoms with Gasteiger partial charge in [0.1, 0.15) is 0 Å². The lowest BCUT2D eigenvalue weighted by Gasteiger charge is -2.45. The maximum Gasteiger partial charge on any atom is 0.0625 e. The van der Waals surface area contributed by atoms with Crippen LogP contribution in [0, 0.1) is 17.2 Å². The van der Waals surface area contributed by atoms with Gasteiger partial charge in [-0.25, -0.2) is 0 Å². The van der Waals surface area contributed by atoms with Crippen LogP contribution in [0.15, 0.2) is 0 Å². The van der Waals surface area contributed by atoms with Crippen LogP contribution >= 0.6 is 0 Å². The van der Waals surface area contributed by atoms with Crippen molar-refractivity contribution in [1.29, 1.82) is 5.26 Å². The lowest BCUT2D eigenvalue weighted by atomic mass is 9.83. The van der Waals surface area contributed by atoms with Crippen LogP contribution in [0.1, 0.15) is 46.5 Å². The molecule has 0 aromatic heterocycles. The smallest absolute Gasteiger partial charge is 0.0625 e. The average Bonchev–Trinajstić information content (AvgIpc) is 2.12. The molecule has 1 aliphatic rings. The zero-order chi connectivity index (χ0) is 10.6. The maximum absolute atomic E-state index is 8.70. The number of hydrogen-bond donors (Lipinski definition) is 0. The Morgan fingerprint density at radius 1 is 1.50 bits per heavy atom. The van der Waals surface area contributed by atoms with Crippen molar-refractivity contribution in [2.45, 2.75) is 52.0 Å². The summed E-state index contributed by atoms with van der Waals surface area (Å²) in [6.45, 7) is 9.17. The molecule has 1 saturated heterocycles. The van der Waals surface area contributed by atoms with Gasteiger partial charge in [0.15, 0.2) is 0 Å². The summed E-state index contributed by atoms with van der Waals surface area (Å²) in [5, 5.41) is 8.70. The van der Waals surface area contributed by atoms with Crippen LogP contribution in [0.25, 0.3) is 0 Å². The first kappa shape index (κ1) is 11.5. The van der Waals surface area contributed by atoms with E-state index < -0.39 is 0 Å². The van der Waals surface area contributed by atoms with Crippen molar-refractivity contribution in [2.24, 2.45) is 5.92 Å². The summed E-state index contributed by atoms with van der Waals surface area (Å²) >= 11 is 0. The molecule has 14 heavy (non-hydrogen) atoms. The van der Waals surface area contributed by atoms with Gasteiger partial charge in [0.05, 0.1) is 6.07 Å². The third-order valence-corrected chi connectivity index (χ3v) is 3.37. The molecule has 0 N–H and O–H groups in total. The Balaban J connectivity index is 2.54. The van der Waals surface area contributed by atoms with Gasteiger partial charge in [-0.3, -0.25) is 4.90 Å². The highest BCUT2D eigenvalue weighted by Gasteiger charge is 2.33. The van der Waals surface area contributed by atoms with Crippen LogP contribution in [0.2, 0.25) is 0 Å².